The molecule has 0 amide bonds. The van der Waals surface area contributed by atoms with Gasteiger partial charge in [0.2, 0.25) is 0 Å². The van der Waals surface area contributed by atoms with Crippen LogP contribution in [-0.4, -0.2) is 13.2 Å². The average Bonchev–Trinajstić information content (AvgIpc) is 2.77. The second kappa shape index (κ2) is 10.5. The average molecular weight is 374 g/mol. The van der Waals surface area contributed by atoms with Crippen molar-refractivity contribution in [3.8, 4) is 5.75 Å². The van der Waals surface area contributed by atoms with E-state index in [1.165, 1.54) is 0 Å². The number of ether oxygens (including phenoxy) is 3. The molecule has 0 bridgehead atoms. The molecule has 0 fully saturated rings. The van der Waals surface area contributed by atoms with Crippen molar-refractivity contribution in [3.05, 3.63) is 114 Å². The number of rotatable bonds is 10. The lowest BCUT2D eigenvalue weighted by Gasteiger charge is -2.26. The van der Waals surface area contributed by atoms with Crippen LogP contribution < -0.4 is 4.74 Å². The molecular formula is C25H26O3. The second-order valence-electron chi connectivity index (χ2n) is 6.49. The van der Waals surface area contributed by atoms with E-state index in [4.69, 9.17) is 14.2 Å². The molecule has 0 unspecified atom stereocenters. The van der Waals surface area contributed by atoms with Gasteiger partial charge in [0, 0.05) is 0 Å². The van der Waals surface area contributed by atoms with Gasteiger partial charge < -0.3 is 14.2 Å². The quantitative estimate of drug-likeness (QED) is 0.425. The third kappa shape index (κ3) is 5.56. The number of hydrogen-bond donors (Lipinski definition) is 0. The minimum absolute atomic E-state index is 0.271. The Bertz CT molecular complexity index is 829. The summed E-state index contributed by atoms with van der Waals surface area (Å²) in [6, 6.07) is 28.1. The van der Waals surface area contributed by atoms with Crippen LogP contribution >= 0.6 is 0 Å². The Labute approximate surface area is 167 Å². The summed E-state index contributed by atoms with van der Waals surface area (Å²) in [5.74, 6) is 0.811. The summed E-state index contributed by atoms with van der Waals surface area (Å²) in [7, 11) is 1.66. The molecule has 0 aromatic heterocycles. The van der Waals surface area contributed by atoms with E-state index in [9.17, 15) is 0 Å². The van der Waals surface area contributed by atoms with E-state index < -0.39 is 0 Å². The molecule has 3 nitrogen and oxygen atoms in total. The summed E-state index contributed by atoms with van der Waals surface area (Å²) in [5.41, 5.74) is 3.26. The molecule has 0 radical (unpaired) electrons. The number of methoxy groups -OCH3 is 1. The van der Waals surface area contributed by atoms with Gasteiger partial charge in [-0.1, -0.05) is 78.9 Å². The molecule has 2 atom stereocenters. The van der Waals surface area contributed by atoms with Crippen molar-refractivity contribution in [1.29, 1.82) is 0 Å². The van der Waals surface area contributed by atoms with Gasteiger partial charge in [-0.25, -0.2) is 0 Å². The standard InChI is InChI=1S/C25H26O3/c1-3-24(27-18-20-10-6-4-7-11-20)25(22-14-16-23(26-2)17-15-22)28-19-21-12-8-5-9-13-21/h3-17,24-25H,1,18-19H2,2H3/t24-,25+/m0/s1. The fraction of sp³-hybridized carbons (Fsp3) is 0.200. The van der Waals surface area contributed by atoms with Crippen LogP contribution in [0.5, 0.6) is 5.75 Å². The highest BCUT2D eigenvalue weighted by molar-refractivity contribution is 5.30. The van der Waals surface area contributed by atoms with Crippen LogP contribution in [0.15, 0.2) is 97.6 Å². The van der Waals surface area contributed by atoms with Crippen LogP contribution in [0.1, 0.15) is 22.8 Å². The smallest absolute Gasteiger partial charge is 0.118 e. The zero-order chi connectivity index (χ0) is 19.6. The van der Waals surface area contributed by atoms with Gasteiger partial charge in [-0.15, -0.1) is 6.58 Å². The third-order valence-electron chi connectivity index (χ3n) is 4.53. The lowest BCUT2D eigenvalue weighted by molar-refractivity contribution is -0.0667. The maximum absolute atomic E-state index is 6.29. The van der Waals surface area contributed by atoms with Crippen molar-refractivity contribution in [2.75, 3.05) is 7.11 Å². The lowest BCUT2D eigenvalue weighted by Crippen LogP contribution is -2.23. The zero-order valence-corrected chi connectivity index (χ0v) is 16.2. The monoisotopic (exact) mass is 374 g/mol. The van der Waals surface area contributed by atoms with Crippen molar-refractivity contribution >= 4 is 0 Å². The van der Waals surface area contributed by atoms with Crippen LogP contribution in [0.3, 0.4) is 0 Å². The minimum Gasteiger partial charge on any atom is -0.497 e. The Morgan fingerprint density at radius 1 is 0.750 bits per heavy atom. The fourth-order valence-electron chi connectivity index (χ4n) is 2.98. The Morgan fingerprint density at radius 3 is 1.79 bits per heavy atom. The predicted molar refractivity (Wildman–Crippen MR) is 112 cm³/mol. The van der Waals surface area contributed by atoms with E-state index in [0.717, 1.165) is 22.4 Å². The van der Waals surface area contributed by atoms with Crippen molar-refractivity contribution in [1.82, 2.24) is 0 Å². The van der Waals surface area contributed by atoms with Gasteiger partial charge in [0.15, 0.2) is 0 Å². The summed E-state index contributed by atoms with van der Waals surface area (Å²) in [5, 5.41) is 0. The molecule has 3 aromatic rings. The molecule has 0 aliphatic heterocycles. The highest BCUT2D eigenvalue weighted by Gasteiger charge is 2.23. The summed E-state index contributed by atoms with van der Waals surface area (Å²) in [4.78, 5) is 0. The number of benzene rings is 3. The normalized spacial score (nSPS) is 12.9. The zero-order valence-electron chi connectivity index (χ0n) is 16.2. The fourth-order valence-corrected chi connectivity index (χ4v) is 2.98. The second-order valence-corrected chi connectivity index (χ2v) is 6.49. The molecule has 144 valence electrons. The topological polar surface area (TPSA) is 27.7 Å². The largest absolute Gasteiger partial charge is 0.497 e. The summed E-state index contributed by atoms with van der Waals surface area (Å²) >= 11 is 0. The van der Waals surface area contributed by atoms with Crippen molar-refractivity contribution in [2.45, 2.75) is 25.4 Å². The molecule has 0 spiro atoms. The third-order valence-corrected chi connectivity index (χ3v) is 4.53. The molecule has 0 aliphatic rings. The van der Waals surface area contributed by atoms with Crippen molar-refractivity contribution in [2.24, 2.45) is 0 Å². The van der Waals surface area contributed by atoms with Crippen LogP contribution in [0.4, 0.5) is 0 Å². The van der Waals surface area contributed by atoms with Crippen LogP contribution in [0.25, 0.3) is 0 Å². The molecule has 3 heteroatoms. The van der Waals surface area contributed by atoms with E-state index in [2.05, 4.69) is 18.7 Å². The first kappa shape index (κ1) is 19.9. The Balaban J connectivity index is 1.76. The predicted octanol–water partition coefficient (Wildman–Crippen LogP) is 5.72. The molecule has 0 aliphatic carbocycles. The van der Waals surface area contributed by atoms with Crippen molar-refractivity contribution in [3.63, 3.8) is 0 Å². The first-order valence-electron chi connectivity index (χ1n) is 9.37. The number of hydrogen-bond acceptors (Lipinski definition) is 3. The molecule has 0 heterocycles. The maximum Gasteiger partial charge on any atom is 0.118 e. The van der Waals surface area contributed by atoms with Crippen LogP contribution in [0, 0.1) is 0 Å². The van der Waals surface area contributed by atoms with Crippen LogP contribution in [-0.2, 0) is 22.7 Å². The SMILES string of the molecule is C=C[C@H](OCc1ccccc1)[C@H](OCc1ccccc1)c1ccc(OC)cc1. The van der Waals surface area contributed by atoms with Gasteiger partial charge >= 0.3 is 0 Å². The van der Waals surface area contributed by atoms with Gasteiger partial charge in [-0.3, -0.25) is 0 Å². The van der Waals surface area contributed by atoms with Gasteiger partial charge in [-0.05, 0) is 28.8 Å². The van der Waals surface area contributed by atoms with Crippen LogP contribution in [0.2, 0.25) is 0 Å². The Morgan fingerprint density at radius 2 is 1.29 bits per heavy atom. The molecule has 0 saturated carbocycles. The summed E-state index contributed by atoms with van der Waals surface area (Å²) in [6.45, 7) is 4.97. The molecule has 0 saturated heterocycles. The first-order chi connectivity index (χ1) is 13.8. The molecule has 0 N–H and O–H groups in total. The molecule has 28 heavy (non-hydrogen) atoms. The molecule has 3 rings (SSSR count). The Kier molecular flexibility index (Phi) is 7.42. The van der Waals surface area contributed by atoms with Gasteiger partial charge in [-0.2, -0.15) is 0 Å². The first-order valence-corrected chi connectivity index (χ1v) is 9.37. The molecule has 3 aromatic carbocycles. The highest BCUT2D eigenvalue weighted by Crippen LogP contribution is 2.28. The summed E-state index contributed by atoms with van der Waals surface area (Å²) < 4.78 is 17.7. The van der Waals surface area contributed by atoms with E-state index in [0.29, 0.717) is 13.2 Å². The van der Waals surface area contributed by atoms with Gasteiger partial charge in [0.05, 0.1) is 20.3 Å². The van der Waals surface area contributed by atoms with Gasteiger partial charge in [0.1, 0.15) is 18.0 Å². The minimum atomic E-state index is -0.280. The Hall–Kier alpha value is -2.88. The van der Waals surface area contributed by atoms with E-state index in [1.807, 2.05) is 78.9 Å². The summed E-state index contributed by atoms with van der Waals surface area (Å²) in [6.07, 6.45) is 1.26. The lowest BCUT2D eigenvalue weighted by atomic mass is 10.0. The van der Waals surface area contributed by atoms with E-state index in [-0.39, 0.29) is 12.2 Å². The van der Waals surface area contributed by atoms with Gasteiger partial charge in [0.25, 0.3) is 0 Å². The van der Waals surface area contributed by atoms with E-state index >= 15 is 0 Å². The highest BCUT2D eigenvalue weighted by atomic mass is 16.5. The molecular weight excluding hydrogens is 348 g/mol. The maximum atomic E-state index is 6.29. The van der Waals surface area contributed by atoms with Crippen molar-refractivity contribution < 1.29 is 14.2 Å². The van der Waals surface area contributed by atoms with E-state index in [1.54, 1.807) is 7.11 Å².